The fourth-order valence-corrected chi connectivity index (χ4v) is 3.69. The van der Waals surface area contributed by atoms with Gasteiger partial charge in [-0.15, -0.1) is 11.3 Å². The van der Waals surface area contributed by atoms with Crippen molar-refractivity contribution in [1.82, 2.24) is 18.3 Å². The first-order chi connectivity index (χ1) is 9.58. The van der Waals surface area contributed by atoms with E-state index in [2.05, 4.69) is 22.8 Å². The van der Waals surface area contributed by atoms with Crippen LogP contribution in [0.1, 0.15) is 5.56 Å². The second-order valence-electron chi connectivity index (χ2n) is 4.45. The number of hydrogen-bond acceptors (Lipinski definition) is 5. The molecule has 0 radical (unpaired) electrons. The van der Waals surface area contributed by atoms with Gasteiger partial charge in [0, 0.05) is 6.20 Å². The summed E-state index contributed by atoms with van der Waals surface area (Å²) in [6.07, 6.45) is 1.82. The van der Waals surface area contributed by atoms with Crippen LogP contribution in [-0.2, 0) is 0 Å². The molecule has 0 unspecified atom stereocenters. The summed E-state index contributed by atoms with van der Waals surface area (Å²) in [4.78, 5) is 21.3. The Morgan fingerprint density at radius 3 is 2.95 bits per heavy atom. The lowest BCUT2D eigenvalue weighted by Crippen LogP contribution is -2.16. The molecule has 4 heterocycles. The number of rotatable bonds is 0. The molecular weight excluding hydrogens is 316 g/mol. The molecule has 0 spiro atoms. The Morgan fingerprint density at radius 2 is 2.15 bits per heavy atom. The van der Waals surface area contributed by atoms with Crippen LogP contribution in [0.15, 0.2) is 22.4 Å². The van der Waals surface area contributed by atoms with Crippen molar-refractivity contribution in [3.05, 3.63) is 38.8 Å². The molecule has 0 bridgehead atoms. The number of aromatic nitrogens is 4. The van der Waals surface area contributed by atoms with Gasteiger partial charge in [-0.3, -0.25) is 8.77 Å². The van der Waals surface area contributed by atoms with Gasteiger partial charge in [0.05, 0.1) is 10.9 Å². The fraction of sp³-hybridized carbons (Fsp3) is 0.0833. The van der Waals surface area contributed by atoms with Crippen molar-refractivity contribution < 1.29 is 0 Å². The predicted molar refractivity (Wildman–Crippen MR) is 84.3 cm³/mol. The smallest absolute Gasteiger partial charge is 0.277 e. The van der Waals surface area contributed by atoms with Gasteiger partial charge >= 0.3 is 0 Å². The van der Waals surface area contributed by atoms with E-state index in [1.807, 2.05) is 24.6 Å². The Hall–Kier alpha value is -1.57. The maximum Gasteiger partial charge on any atom is 0.278 e. The summed E-state index contributed by atoms with van der Waals surface area (Å²) in [6.45, 7) is 1.93. The van der Waals surface area contributed by atoms with Crippen molar-refractivity contribution in [3.63, 3.8) is 0 Å². The van der Waals surface area contributed by atoms with Crippen molar-refractivity contribution in [2.45, 2.75) is 6.92 Å². The summed E-state index contributed by atoms with van der Waals surface area (Å²) in [6, 6.07) is 1.83. The molecule has 0 aliphatic rings. The number of thiophene rings is 1. The van der Waals surface area contributed by atoms with Crippen LogP contribution in [0.4, 0.5) is 0 Å². The molecule has 0 saturated carbocycles. The number of nitrogens with zero attached hydrogens (tertiary/aromatic N) is 4. The minimum atomic E-state index is -0.189. The molecule has 100 valence electrons. The van der Waals surface area contributed by atoms with Crippen LogP contribution in [-0.4, -0.2) is 18.3 Å². The zero-order valence-electron chi connectivity index (χ0n) is 10.2. The van der Waals surface area contributed by atoms with Crippen LogP contribution >= 0.6 is 35.8 Å². The van der Waals surface area contributed by atoms with Gasteiger partial charge in [0.2, 0.25) is 5.28 Å². The Balaban J connectivity index is 2.43. The molecule has 4 aromatic heterocycles. The van der Waals surface area contributed by atoms with Crippen molar-refractivity contribution in [1.29, 1.82) is 0 Å². The molecular formula is C12H7ClN4OS2. The molecule has 8 heteroatoms. The van der Waals surface area contributed by atoms with Crippen LogP contribution in [0.5, 0.6) is 0 Å². The molecule has 20 heavy (non-hydrogen) atoms. The Labute approximate surface area is 127 Å². The maximum atomic E-state index is 12.5. The van der Waals surface area contributed by atoms with Crippen molar-refractivity contribution in [2.24, 2.45) is 0 Å². The first-order valence-electron chi connectivity index (χ1n) is 5.74. The molecule has 0 amide bonds. The van der Waals surface area contributed by atoms with Gasteiger partial charge in [0.1, 0.15) is 4.70 Å². The SMILES string of the molecule is Cc1cn(S)c2nc(Cl)n3c(=O)c4sccc4nc3c12. The highest BCUT2D eigenvalue weighted by molar-refractivity contribution is 7.78. The van der Waals surface area contributed by atoms with E-state index in [0.717, 1.165) is 10.9 Å². The number of fused-ring (bicyclic) bond motifs is 4. The Bertz CT molecular complexity index is 1060. The summed E-state index contributed by atoms with van der Waals surface area (Å²) in [5.74, 6) is 0. The minimum Gasteiger partial charge on any atom is -0.277 e. The van der Waals surface area contributed by atoms with Crippen LogP contribution in [0.3, 0.4) is 0 Å². The molecule has 0 fully saturated rings. The van der Waals surface area contributed by atoms with Gasteiger partial charge in [-0.25, -0.2) is 9.38 Å². The summed E-state index contributed by atoms with van der Waals surface area (Å²) in [5.41, 5.74) is 2.54. The molecule has 5 nitrogen and oxygen atoms in total. The van der Waals surface area contributed by atoms with Crippen LogP contribution in [0.25, 0.3) is 26.9 Å². The van der Waals surface area contributed by atoms with E-state index < -0.39 is 0 Å². The third-order valence-electron chi connectivity index (χ3n) is 3.24. The van der Waals surface area contributed by atoms with Gasteiger partial charge < -0.3 is 0 Å². The third kappa shape index (κ3) is 1.42. The van der Waals surface area contributed by atoms with Gasteiger partial charge in [-0.1, -0.05) is 12.8 Å². The summed E-state index contributed by atoms with van der Waals surface area (Å²) < 4.78 is 3.51. The zero-order chi connectivity index (χ0) is 14.0. The average molecular weight is 323 g/mol. The number of thiol groups is 1. The van der Waals surface area contributed by atoms with E-state index in [4.69, 9.17) is 11.6 Å². The Morgan fingerprint density at radius 1 is 1.35 bits per heavy atom. The molecule has 0 aromatic carbocycles. The summed E-state index contributed by atoms with van der Waals surface area (Å²) in [5, 5.41) is 2.72. The lowest BCUT2D eigenvalue weighted by Gasteiger charge is -2.05. The van der Waals surface area contributed by atoms with E-state index in [1.165, 1.54) is 15.7 Å². The van der Waals surface area contributed by atoms with Gasteiger partial charge in [-0.05, 0) is 35.5 Å². The molecule has 0 N–H and O–H groups in total. The zero-order valence-corrected chi connectivity index (χ0v) is 12.6. The Kier molecular flexibility index (Phi) is 2.42. The maximum absolute atomic E-state index is 12.5. The van der Waals surface area contributed by atoms with Crippen molar-refractivity contribution in [3.8, 4) is 0 Å². The quantitative estimate of drug-likeness (QED) is 0.400. The number of halogens is 1. The highest BCUT2D eigenvalue weighted by Gasteiger charge is 2.17. The second-order valence-corrected chi connectivity index (χ2v) is 6.13. The van der Waals surface area contributed by atoms with E-state index in [9.17, 15) is 4.79 Å². The summed E-state index contributed by atoms with van der Waals surface area (Å²) in [7, 11) is 0. The molecule has 0 saturated heterocycles. The topological polar surface area (TPSA) is 52.2 Å². The lowest BCUT2D eigenvalue weighted by atomic mass is 10.2. The normalized spacial score (nSPS) is 11.9. The molecule has 0 atom stereocenters. The lowest BCUT2D eigenvalue weighted by molar-refractivity contribution is 1.04. The van der Waals surface area contributed by atoms with Crippen molar-refractivity contribution >= 4 is 62.6 Å². The van der Waals surface area contributed by atoms with Gasteiger partial charge in [0.15, 0.2) is 11.3 Å². The minimum absolute atomic E-state index is 0.0914. The molecule has 4 aromatic rings. The third-order valence-corrected chi connectivity index (χ3v) is 4.69. The highest BCUT2D eigenvalue weighted by atomic mass is 35.5. The van der Waals surface area contributed by atoms with Crippen LogP contribution in [0.2, 0.25) is 5.28 Å². The second kappa shape index (κ2) is 3.97. The van der Waals surface area contributed by atoms with Crippen LogP contribution in [0, 0.1) is 6.92 Å². The molecule has 0 aliphatic heterocycles. The van der Waals surface area contributed by atoms with E-state index in [1.54, 1.807) is 3.97 Å². The number of aryl methyl sites for hydroxylation is 1. The average Bonchev–Trinajstić information content (AvgIpc) is 2.95. The summed E-state index contributed by atoms with van der Waals surface area (Å²) >= 11 is 11.8. The monoisotopic (exact) mass is 322 g/mol. The van der Waals surface area contributed by atoms with Gasteiger partial charge in [0.25, 0.3) is 5.56 Å². The first kappa shape index (κ1) is 12.2. The van der Waals surface area contributed by atoms with Crippen molar-refractivity contribution in [2.75, 3.05) is 0 Å². The fourth-order valence-electron chi connectivity index (χ4n) is 2.37. The number of hydrogen-bond donors (Lipinski definition) is 1. The van der Waals surface area contributed by atoms with E-state index in [-0.39, 0.29) is 10.8 Å². The standard InChI is InChI=1S/C12H7ClN4OS2/c1-5-4-16(19)9-7(5)10-14-6-2-3-20-8(6)11(18)17(10)12(13)15-9/h2-4,19H,1H3. The first-order valence-corrected chi connectivity index (χ1v) is 7.40. The molecule has 4 rings (SSSR count). The highest BCUT2D eigenvalue weighted by Crippen LogP contribution is 2.27. The van der Waals surface area contributed by atoms with Gasteiger partial charge in [-0.2, -0.15) is 4.98 Å². The van der Waals surface area contributed by atoms with E-state index >= 15 is 0 Å². The van der Waals surface area contributed by atoms with E-state index in [0.29, 0.717) is 21.5 Å². The van der Waals surface area contributed by atoms with Crippen LogP contribution < -0.4 is 5.56 Å². The predicted octanol–water partition coefficient (Wildman–Crippen LogP) is 2.91. The largest absolute Gasteiger partial charge is 0.278 e. The molecule has 0 aliphatic carbocycles.